The van der Waals surface area contributed by atoms with Gasteiger partial charge in [-0.2, -0.15) is 37.7 Å². The Labute approximate surface area is 170 Å². The van der Waals surface area contributed by atoms with Gasteiger partial charge in [0.05, 0.1) is 24.5 Å². The summed E-state index contributed by atoms with van der Waals surface area (Å²) in [4.78, 5) is 12.2. The molecule has 2 aliphatic heterocycles. The molecule has 12 heteroatoms. The lowest BCUT2D eigenvalue weighted by atomic mass is 9.71. The van der Waals surface area contributed by atoms with E-state index in [1.807, 2.05) is 6.92 Å². The van der Waals surface area contributed by atoms with Crippen LogP contribution in [0.2, 0.25) is 0 Å². The van der Waals surface area contributed by atoms with Gasteiger partial charge < -0.3 is 9.84 Å². The summed E-state index contributed by atoms with van der Waals surface area (Å²) in [7, 11) is -6.30. The standard InChI is InChI=1S/C17H24F4O6S2/c1-15(23)4-2-3-11(15)9-7-13-10(8-12(9)28-13)14(22)27-6-5-16(18,19)17(20,21)29(24,25)26/h9-13,23H,2-8H2,1H3,(H,24,25,26). The molecule has 6 nitrogen and oxygen atoms in total. The fraction of sp³-hybridized carbons (Fsp3) is 0.941. The summed E-state index contributed by atoms with van der Waals surface area (Å²) in [6.07, 6.45) is 2.06. The van der Waals surface area contributed by atoms with Crippen LogP contribution >= 0.6 is 11.8 Å². The number of hydrogen-bond donors (Lipinski definition) is 2. The number of thioether (sulfide) groups is 1. The Morgan fingerprint density at radius 2 is 1.90 bits per heavy atom. The third-order valence-corrected chi connectivity index (χ3v) is 9.20. The van der Waals surface area contributed by atoms with Crippen molar-refractivity contribution in [1.29, 1.82) is 0 Å². The summed E-state index contributed by atoms with van der Waals surface area (Å²) >= 11 is 1.62. The van der Waals surface area contributed by atoms with Crippen molar-refractivity contribution in [3.05, 3.63) is 0 Å². The first kappa shape index (κ1) is 23.1. The average molecular weight is 464 g/mol. The molecule has 29 heavy (non-hydrogen) atoms. The summed E-state index contributed by atoms with van der Waals surface area (Å²) in [6, 6.07) is 0. The highest BCUT2D eigenvalue weighted by Gasteiger charge is 2.65. The van der Waals surface area contributed by atoms with E-state index < -0.39 is 51.8 Å². The number of hydrogen-bond acceptors (Lipinski definition) is 6. The van der Waals surface area contributed by atoms with E-state index in [0.29, 0.717) is 12.8 Å². The maximum Gasteiger partial charge on any atom is 0.431 e. The number of rotatable bonds is 7. The van der Waals surface area contributed by atoms with Gasteiger partial charge in [0.2, 0.25) is 0 Å². The lowest BCUT2D eigenvalue weighted by Gasteiger charge is -2.36. The summed E-state index contributed by atoms with van der Waals surface area (Å²) in [6.45, 7) is 0.742. The second-order valence-corrected chi connectivity index (χ2v) is 11.4. The number of halogens is 4. The molecule has 0 aromatic carbocycles. The number of alkyl halides is 4. The highest BCUT2D eigenvalue weighted by molar-refractivity contribution is 8.01. The van der Waals surface area contributed by atoms with E-state index in [4.69, 9.17) is 9.29 Å². The van der Waals surface area contributed by atoms with Crippen LogP contribution in [-0.4, -0.2) is 57.9 Å². The van der Waals surface area contributed by atoms with Crippen LogP contribution in [0.5, 0.6) is 0 Å². The zero-order valence-corrected chi connectivity index (χ0v) is 17.3. The lowest BCUT2D eigenvalue weighted by molar-refractivity contribution is -0.176. The predicted molar refractivity (Wildman–Crippen MR) is 96.4 cm³/mol. The van der Waals surface area contributed by atoms with Crippen LogP contribution in [0, 0.1) is 17.8 Å². The summed E-state index contributed by atoms with van der Waals surface area (Å²) in [5, 5.41) is 4.95. The third kappa shape index (κ3) is 4.14. The van der Waals surface area contributed by atoms with Gasteiger partial charge in [-0.25, -0.2) is 0 Å². The van der Waals surface area contributed by atoms with Crippen molar-refractivity contribution in [2.45, 2.75) is 72.7 Å². The molecule has 2 heterocycles. The maximum atomic E-state index is 13.5. The number of ether oxygens (including phenoxy) is 1. The second-order valence-electron chi connectivity index (χ2n) is 8.42. The molecule has 2 bridgehead atoms. The molecular formula is C17H24F4O6S2. The van der Waals surface area contributed by atoms with Crippen LogP contribution < -0.4 is 0 Å². The largest absolute Gasteiger partial charge is 0.465 e. The van der Waals surface area contributed by atoms with Gasteiger partial charge in [-0.15, -0.1) is 0 Å². The van der Waals surface area contributed by atoms with Crippen molar-refractivity contribution >= 4 is 27.8 Å². The van der Waals surface area contributed by atoms with Gasteiger partial charge >= 0.3 is 27.3 Å². The van der Waals surface area contributed by atoms with Crippen molar-refractivity contribution in [1.82, 2.24) is 0 Å². The molecule has 6 atom stereocenters. The normalized spacial score (nSPS) is 37.8. The molecule has 2 N–H and O–H groups in total. The van der Waals surface area contributed by atoms with Crippen LogP contribution in [0.1, 0.15) is 45.4 Å². The Hall–Kier alpha value is -0.590. The highest BCUT2D eigenvalue weighted by atomic mass is 32.2. The first-order valence-electron chi connectivity index (χ1n) is 9.44. The van der Waals surface area contributed by atoms with Crippen LogP contribution in [0.4, 0.5) is 17.6 Å². The SMILES string of the molecule is CC1(O)CCCC1C1CC2SC1CC2C(=O)OCCC(F)(F)C(F)(F)S(=O)(=O)O. The van der Waals surface area contributed by atoms with Gasteiger partial charge in [-0.05, 0) is 44.4 Å². The molecule has 0 amide bonds. The molecule has 0 spiro atoms. The first-order chi connectivity index (χ1) is 13.2. The molecule has 0 aromatic heterocycles. The van der Waals surface area contributed by atoms with E-state index in [1.54, 1.807) is 11.8 Å². The third-order valence-electron chi connectivity index (χ3n) is 6.49. The predicted octanol–water partition coefficient (Wildman–Crippen LogP) is 3.10. The quantitative estimate of drug-likeness (QED) is 0.339. The minimum absolute atomic E-state index is 0.0753. The van der Waals surface area contributed by atoms with Gasteiger partial charge in [0.1, 0.15) is 0 Å². The Balaban J connectivity index is 1.51. The van der Waals surface area contributed by atoms with E-state index in [2.05, 4.69) is 0 Å². The number of fused-ring (bicyclic) bond motifs is 2. The Bertz CT molecular complexity index is 757. The van der Waals surface area contributed by atoms with E-state index >= 15 is 0 Å². The minimum atomic E-state index is -6.30. The second kappa shape index (κ2) is 7.52. The van der Waals surface area contributed by atoms with E-state index in [-0.39, 0.29) is 22.3 Å². The molecule has 0 aromatic rings. The molecular weight excluding hydrogens is 440 g/mol. The van der Waals surface area contributed by atoms with Crippen molar-refractivity contribution in [2.75, 3.05) is 6.61 Å². The molecule has 3 aliphatic rings. The lowest BCUT2D eigenvalue weighted by Crippen LogP contribution is -2.47. The maximum absolute atomic E-state index is 13.5. The van der Waals surface area contributed by atoms with Crippen molar-refractivity contribution in [2.24, 2.45) is 17.8 Å². The molecule has 2 saturated heterocycles. The monoisotopic (exact) mass is 464 g/mol. The summed E-state index contributed by atoms with van der Waals surface area (Å²) in [5.74, 6) is -5.97. The Kier molecular flexibility index (Phi) is 5.99. The minimum Gasteiger partial charge on any atom is -0.465 e. The molecule has 6 unspecified atom stereocenters. The van der Waals surface area contributed by atoms with E-state index in [0.717, 1.165) is 19.3 Å². The first-order valence-corrected chi connectivity index (χ1v) is 11.8. The van der Waals surface area contributed by atoms with Crippen molar-refractivity contribution in [3.8, 4) is 0 Å². The van der Waals surface area contributed by atoms with Crippen LogP contribution in [0.15, 0.2) is 0 Å². The molecule has 0 radical (unpaired) electrons. The fourth-order valence-electron chi connectivity index (χ4n) is 4.94. The number of carbonyl (C=O) groups excluding carboxylic acids is 1. The Morgan fingerprint density at radius 1 is 1.24 bits per heavy atom. The molecule has 3 rings (SSSR count). The van der Waals surface area contributed by atoms with E-state index in [9.17, 15) is 35.9 Å². The van der Waals surface area contributed by atoms with Gasteiger partial charge in [0, 0.05) is 10.5 Å². The van der Waals surface area contributed by atoms with Crippen LogP contribution in [0.25, 0.3) is 0 Å². The van der Waals surface area contributed by atoms with Crippen LogP contribution in [0.3, 0.4) is 0 Å². The van der Waals surface area contributed by atoms with Crippen molar-refractivity contribution < 1.29 is 45.2 Å². The number of esters is 1. The van der Waals surface area contributed by atoms with Crippen molar-refractivity contribution in [3.63, 3.8) is 0 Å². The summed E-state index contributed by atoms with van der Waals surface area (Å²) in [5.41, 5.74) is -0.727. The molecule has 3 fully saturated rings. The molecule has 1 saturated carbocycles. The average Bonchev–Trinajstić information content (AvgIpc) is 3.26. The highest BCUT2D eigenvalue weighted by Crippen LogP contribution is 2.58. The van der Waals surface area contributed by atoms with E-state index in [1.165, 1.54) is 0 Å². The van der Waals surface area contributed by atoms with Gasteiger partial charge in [-0.3, -0.25) is 9.35 Å². The van der Waals surface area contributed by atoms with Gasteiger partial charge in [0.25, 0.3) is 0 Å². The smallest absolute Gasteiger partial charge is 0.431 e. The van der Waals surface area contributed by atoms with Gasteiger partial charge in [-0.1, -0.05) is 6.42 Å². The number of aliphatic hydroxyl groups is 1. The molecule has 168 valence electrons. The summed E-state index contributed by atoms with van der Waals surface area (Å²) < 4.78 is 87.2. The zero-order valence-electron chi connectivity index (χ0n) is 15.7. The Morgan fingerprint density at radius 3 is 2.38 bits per heavy atom. The zero-order chi connectivity index (χ0) is 21.8. The van der Waals surface area contributed by atoms with Crippen LogP contribution in [-0.2, 0) is 19.6 Å². The molecule has 1 aliphatic carbocycles. The topological polar surface area (TPSA) is 101 Å². The van der Waals surface area contributed by atoms with Gasteiger partial charge in [0.15, 0.2) is 0 Å². The fourth-order valence-corrected chi connectivity index (χ4v) is 7.43. The number of carbonyl (C=O) groups is 1.